The predicted octanol–water partition coefficient (Wildman–Crippen LogP) is 7.12. The number of halogens is 2. The number of hydrogen-bond acceptors (Lipinski definition) is 10. The lowest BCUT2D eigenvalue weighted by atomic mass is 9.49. The lowest BCUT2D eigenvalue weighted by Crippen LogP contribution is -2.53. The highest BCUT2D eigenvalue weighted by Crippen LogP contribution is 2.66. The monoisotopic (exact) mass is 809 g/mol. The molecule has 4 aromatic rings. The molecule has 2 heterocycles. The number of amides is 4. The van der Waals surface area contributed by atoms with Crippen molar-refractivity contribution in [3.63, 3.8) is 0 Å². The third kappa shape index (κ3) is 5.75. The maximum absolute atomic E-state index is 15.6. The maximum atomic E-state index is 15.6. The summed E-state index contributed by atoms with van der Waals surface area (Å²) in [6, 6.07) is 20.7. The van der Waals surface area contributed by atoms with Gasteiger partial charge in [-0.15, -0.1) is 0 Å². The molecule has 57 heavy (non-hydrogen) atoms. The molecule has 3 fully saturated rings. The number of phenols is 1. The van der Waals surface area contributed by atoms with Crippen LogP contribution in [-0.4, -0.2) is 60.9 Å². The molecule has 2 aliphatic carbocycles. The van der Waals surface area contributed by atoms with Crippen LogP contribution in [0.2, 0.25) is 10.0 Å². The fourth-order valence-electron chi connectivity index (χ4n) is 9.42. The minimum absolute atomic E-state index is 0.00198. The molecule has 0 bridgehead atoms. The molecule has 8 rings (SSSR count). The minimum atomic E-state index is -1.74. The van der Waals surface area contributed by atoms with Crippen molar-refractivity contribution in [2.45, 2.75) is 31.1 Å². The van der Waals surface area contributed by atoms with E-state index >= 15 is 9.59 Å². The molecule has 292 valence electrons. The number of imide groups is 2. The molecule has 1 saturated carbocycles. The van der Waals surface area contributed by atoms with Crippen LogP contribution >= 0.6 is 23.2 Å². The second-order valence-electron chi connectivity index (χ2n) is 14.6. The van der Waals surface area contributed by atoms with Crippen molar-refractivity contribution in [3.05, 3.63) is 117 Å². The molecule has 2 aliphatic heterocycles. The van der Waals surface area contributed by atoms with E-state index in [2.05, 4.69) is 5.43 Å². The number of carbonyl (C=O) groups excluding carboxylic acids is 5. The Kier molecular flexibility index (Phi) is 9.52. The van der Waals surface area contributed by atoms with Crippen molar-refractivity contribution in [2.24, 2.45) is 23.7 Å². The molecule has 0 aromatic heterocycles. The highest BCUT2D eigenvalue weighted by molar-refractivity contribution is 6.36. The van der Waals surface area contributed by atoms with Gasteiger partial charge in [-0.05, 0) is 85.8 Å². The topological polar surface area (TPSA) is 152 Å². The van der Waals surface area contributed by atoms with Crippen LogP contribution in [0.25, 0.3) is 0 Å². The first-order valence-electron chi connectivity index (χ1n) is 18.2. The number of aromatic hydroxyl groups is 1. The summed E-state index contributed by atoms with van der Waals surface area (Å²) in [6.45, 7) is 1.43. The van der Waals surface area contributed by atoms with Crippen LogP contribution in [0.3, 0.4) is 0 Å². The Labute approximate surface area is 337 Å². The number of methoxy groups -OCH3 is 3. The molecule has 0 radical (unpaired) electrons. The van der Waals surface area contributed by atoms with Crippen molar-refractivity contribution in [1.82, 2.24) is 5.01 Å². The van der Waals surface area contributed by atoms with Gasteiger partial charge in [0.05, 0.1) is 60.9 Å². The quantitative estimate of drug-likeness (QED) is 0.102. The van der Waals surface area contributed by atoms with Crippen LogP contribution in [0, 0.1) is 23.7 Å². The Morgan fingerprint density at radius 3 is 2.16 bits per heavy atom. The summed E-state index contributed by atoms with van der Waals surface area (Å²) in [5.74, 6) is -6.22. The molecule has 2 saturated heterocycles. The Morgan fingerprint density at radius 2 is 1.53 bits per heavy atom. The molecule has 4 aromatic carbocycles. The van der Waals surface area contributed by atoms with Crippen molar-refractivity contribution >= 4 is 64.0 Å². The third-order valence-electron chi connectivity index (χ3n) is 12.0. The first-order valence-corrected chi connectivity index (χ1v) is 19.0. The summed E-state index contributed by atoms with van der Waals surface area (Å²) in [7, 11) is 4.38. The van der Waals surface area contributed by atoms with Gasteiger partial charge in [0.15, 0.2) is 5.78 Å². The number of hydrogen-bond donors (Lipinski definition) is 2. The number of rotatable bonds is 9. The lowest BCUT2D eigenvalue weighted by Gasteiger charge is -2.50. The van der Waals surface area contributed by atoms with Gasteiger partial charge >= 0.3 is 0 Å². The molecule has 4 amide bonds. The van der Waals surface area contributed by atoms with Crippen molar-refractivity contribution in [1.29, 1.82) is 0 Å². The number of ketones is 1. The van der Waals surface area contributed by atoms with E-state index in [-0.39, 0.29) is 52.1 Å². The number of allylic oxidation sites excluding steroid dienone is 2. The summed E-state index contributed by atoms with van der Waals surface area (Å²) in [5, 5.41) is 13.4. The van der Waals surface area contributed by atoms with E-state index in [1.165, 1.54) is 40.4 Å². The number of benzene rings is 4. The van der Waals surface area contributed by atoms with Gasteiger partial charge < -0.3 is 19.3 Å². The van der Waals surface area contributed by atoms with Gasteiger partial charge in [0, 0.05) is 34.2 Å². The number of carbonyl (C=O) groups is 5. The van der Waals surface area contributed by atoms with E-state index in [1.54, 1.807) is 66.7 Å². The van der Waals surface area contributed by atoms with E-state index in [9.17, 15) is 19.5 Å². The van der Waals surface area contributed by atoms with Gasteiger partial charge in [-0.1, -0.05) is 47.0 Å². The lowest BCUT2D eigenvalue weighted by molar-refractivity contribution is -0.138. The third-order valence-corrected chi connectivity index (χ3v) is 12.5. The fourth-order valence-corrected chi connectivity index (χ4v) is 9.87. The zero-order chi connectivity index (χ0) is 40.5. The van der Waals surface area contributed by atoms with Crippen molar-refractivity contribution < 1.29 is 43.3 Å². The summed E-state index contributed by atoms with van der Waals surface area (Å²) >= 11 is 12.7. The van der Waals surface area contributed by atoms with E-state index in [1.807, 2.05) is 6.08 Å². The minimum Gasteiger partial charge on any atom is -0.507 e. The smallest absolute Gasteiger partial charge is 0.260 e. The van der Waals surface area contributed by atoms with Crippen LogP contribution in [0.5, 0.6) is 23.0 Å². The number of phenolic OH excluding ortho intramolecular Hbond substituents is 1. The first kappa shape index (κ1) is 38.0. The number of fused-ring (bicyclic) bond motifs is 4. The Hall–Kier alpha value is -5.85. The van der Waals surface area contributed by atoms with Crippen molar-refractivity contribution in [3.8, 4) is 23.0 Å². The summed E-state index contributed by atoms with van der Waals surface area (Å²) in [4.78, 5) is 72.7. The number of anilines is 2. The zero-order valence-corrected chi connectivity index (χ0v) is 32.8. The number of ether oxygens (including phenoxy) is 3. The van der Waals surface area contributed by atoms with Crippen molar-refractivity contribution in [2.75, 3.05) is 31.7 Å². The molecular formula is C43H37Cl2N3O9. The summed E-state index contributed by atoms with van der Waals surface area (Å²) in [5.41, 5.74) is 3.47. The molecular weight excluding hydrogens is 773 g/mol. The van der Waals surface area contributed by atoms with Gasteiger partial charge in [0.2, 0.25) is 11.8 Å². The highest BCUT2D eigenvalue weighted by Gasteiger charge is 2.71. The fraction of sp³-hybridized carbons (Fsp3) is 0.279. The van der Waals surface area contributed by atoms with Gasteiger partial charge in [-0.25, -0.2) is 0 Å². The second kappa shape index (κ2) is 14.3. The summed E-state index contributed by atoms with van der Waals surface area (Å²) < 4.78 is 16.9. The molecule has 0 spiro atoms. The zero-order valence-electron chi connectivity index (χ0n) is 31.2. The molecule has 6 atom stereocenters. The first-order chi connectivity index (χ1) is 27.3. The molecule has 6 unspecified atom stereocenters. The van der Waals surface area contributed by atoms with Crippen LogP contribution in [0.15, 0.2) is 90.5 Å². The Bertz CT molecular complexity index is 2400. The maximum Gasteiger partial charge on any atom is 0.260 e. The standard InChI is InChI=1S/C43H37Cl2N3O9/c1-21(49)22-5-10-25(11-6-22)47-39(51)29-15-14-28-30(36(29)41(47)53)20-31-40(52)48(46-33-16-9-24(44)17-32(33)45)42(54)43(31,23-7-12-26(55-2)13-8-23)38(28)37-34(50)18-27(56-3)19-35(37)57-4/h5-14,16-19,29-31,36,38,46,50H,15,20H2,1-4H3. The van der Waals surface area contributed by atoms with Crippen LogP contribution < -0.4 is 24.5 Å². The van der Waals surface area contributed by atoms with Gasteiger partial charge in [-0.3, -0.25) is 34.3 Å². The predicted molar refractivity (Wildman–Crippen MR) is 211 cm³/mol. The largest absolute Gasteiger partial charge is 0.507 e. The van der Waals surface area contributed by atoms with E-state index in [0.717, 1.165) is 9.91 Å². The van der Waals surface area contributed by atoms with Crippen LogP contribution in [0.4, 0.5) is 11.4 Å². The number of hydrazine groups is 1. The number of Topliss-reactive ketones (excluding diaryl/α,β-unsaturated/α-hetero) is 1. The van der Waals surface area contributed by atoms with E-state index < -0.39 is 58.6 Å². The van der Waals surface area contributed by atoms with Gasteiger partial charge in [-0.2, -0.15) is 5.01 Å². The second-order valence-corrected chi connectivity index (χ2v) is 15.4. The van der Waals surface area contributed by atoms with E-state index in [4.69, 9.17) is 37.4 Å². The Morgan fingerprint density at radius 1 is 0.825 bits per heavy atom. The van der Waals surface area contributed by atoms with Gasteiger partial charge in [0.1, 0.15) is 23.0 Å². The highest BCUT2D eigenvalue weighted by atomic mass is 35.5. The van der Waals surface area contributed by atoms with E-state index in [0.29, 0.717) is 33.2 Å². The Balaban J connectivity index is 1.35. The average Bonchev–Trinajstić information content (AvgIpc) is 3.59. The average molecular weight is 811 g/mol. The summed E-state index contributed by atoms with van der Waals surface area (Å²) in [6.07, 6.45) is 2.02. The molecule has 12 nitrogen and oxygen atoms in total. The number of nitrogens with one attached hydrogen (secondary N) is 1. The van der Waals surface area contributed by atoms with Crippen LogP contribution in [-0.2, 0) is 24.6 Å². The van der Waals surface area contributed by atoms with Crippen LogP contribution in [0.1, 0.15) is 47.2 Å². The molecule has 14 heteroatoms. The normalized spacial score (nSPS) is 25.1. The molecule has 2 N–H and O–H groups in total. The number of nitrogens with zero attached hydrogens (tertiary/aromatic N) is 2. The van der Waals surface area contributed by atoms with Gasteiger partial charge in [0.25, 0.3) is 11.8 Å². The molecule has 4 aliphatic rings. The SMILES string of the molecule is COc1ccc(C23C(=O)N(Nc4ccc(Cl)cc4Cl)C(=O)C2CC2C(=CCC4C(=O)N(c5ccc(C(C)=O)cc5)C(=O)C42)C3c2c(O)cc(OC)cc2OC)cc1.